The minimum absolute atomic E-state index is 0.811. The van der Waals surface area contributed by atoms with Crippen LogP contribution in [0.25, 0.3) is 0 Å². The topological polar surface area (TPSA) is 49.8 Å². The zero-order valence-electron chi connectivity index (χ0n) is 12.7. The molecule has 0 aliphatic heterocycles. The van der Waals surface area contributed by atoms with E-state index in [9.17, 15) is 0 Å². The van der Waals surface area contributed by atoms with Crippen LogP contribution >= 0.6 is 0 Å². The molecular formula is C16H26N4. The molecule has 1 aromatic heterocycles. The molecule has 0 saturated carbocycles. The van der Waals surface area contributed by atoms with Gasteiger partial charge in [0, 0.05) is 19.2 Å². The minimum Gasteiger partial charge on any atom is -0.370 e. The number of hydrogen-bond acceptors (Lipinski definition) is 4. The molecule has 0 amide bonds. The summed E-state index contributed by atoms with van der Waals surface area (Å²) in [7, 11) is 0. The van der Waals surface area contributed by atoms with E-state index in [1.165, 1.54) is 25.7 Å². The maximum atomic E-state index is 4.44. The summed E-state index contributed by atoms with van der Waals surface area (Å²) in [6.45, 7) is 5.99. The average molecular weight is 274 g/mol. The molecule has 0 atom stereocenters. The smallest absolute Gasteiger partial charge is 0.131 e. The molecule has 110 valence electrons. The van der Waals surface area contributed by atoms with E-state index in [0.717, 1.165) is 43.4 Å². The molecule has 0 saturated heterocycles. The van der Waals surface area contributed by atoms with Crippen LogP contribution in [0.3, 0.4) is 0 Å². The number of hydrogen-bond donors (Lipinski definition) is 2. The van der Waals surface area contributed by atoms with Crippen LogP contribution in [0.4, 0.5) is 11.6 Å². The maximum absolute atomic E-state index is 4.44. The van der Waals surface area contributed by atoms with E-state index in [1.807, 2.05) is 13.0 Å². The first kappa shape index (κ1) is 14.8. The first-order valence-electron chi connectivity index (χ1n) is 7.79. The first-order chi connectivity index (χ1) is 9.78. The molecule has 0 bridgehead atoms. The number of nitrogens with zero attached hydrogens (tertiary/aromatic N) is 2. The lowest BCUT2D eigenvalue weighted by atomic mass is 9.97. The van der Waals surface area contributed by atoms with Crippen LogP contribution < -0.4 is 10.6 Å². The second-order valence-corrected chi connectivity index (χ2v) is 5.40. The average Bonchev–Trinajstić information content (AvgIpc) is 2.46. The van der Waals surface area contributed by atoms with Crippen molar-refractivity contribution in [2.24, 2.45) is 0 Å². The van der Waals surface area contributed by atoms with Crippen molar-refractivity contribution in [3.05, 3.63) is 23.5 Å². The Balaban J connectivity index is 1.85. The van der Waals surface area contributed by atoms with E-state index in [0.29, 0.717) is 0 Å². The van der Waals surface area contributed by atoms with Crippen molar-refractivity contribution in [3.8, 4) is 0 Å². The van der Waals surface area contributed by atoms with Gasteiger partial charge < -0.3 is 10.6 Å². The Hall–Kier alpha value is -1.58. The molecule has 0 unspecified atom stereocenters. The molecule has 1 aromatic rings. The Kier molecular flexibility index (Phi) is 5.84. The molecule has 4 nitrogen and oxygen atoms in total. The number of aromatic nitrogens is 2. The minimum atomic E-state index is 0.811. The highest BCUT2D eigenvalue weighted by Gasteiger charge is 2.04. The number of rotatable bonds is 7. The van der Waals surface area contributed by atoms with Gasteiger partial charge in [-0.3, -0.25) is 0 Å². The van der Waals surface area contributed by atoms with Crippen LogP contribution in [0.5, 0.6) is 0 Å². The lowest BCUT2D eigenvalue weighted by Gasteiger charge is -2.14. The predicted octanol–water partition coefficient (Wildman–Crippen LogP) is 3.91. The molecule has 4 heteroatoms. The Morgan fingerprint density at radius 1 is 1.10 bits per heavy atom. The molecule has 0 spiro atoms. The largest absolute Gasteiger partial charge is 0.370 e. The third-order valence-corrected chi connectivity index (χ3v) is 3.53. The van der Waals surface area contributed by atoms with E-state index >= 15 is 0 Å². The molecule has 1 heterocycles. The van der Waals surface area contributed by atoms with Gasteiger partial charge in [-0.2, -0.15) is 0 Å². The van der Waals surface area contributed by atoms with Crippen molar-refractivity contribution in [2.75, 3.05) is 23.7 Å². The van der Waals surface area contributed by atoms with Gasteiger partial charge in [-0.25, -0.2) is 9.97 Å². The standard InChI is InChI=1S/C16H26N4/c1-3-10-17-15-12-16(20-13(2)19-15)18-11-9-14-7-5-4-6-8-14/h7,12H,3-6,8-11H2,1-2H3,(H2,17,18,19,20). The fourth-order valence-corrected chi connectivity index (χ4v) is 2.48. The first-order valence-corrected chi connectivity index (χ1v) is 7.79. The van der Waals surface area contributed by atoms with E-state index in [4.69, 9.17) is 0 Å². The van der Waals surface area contributed by atoms with Gasteiger partial charge in [0.15, 0.2) is 0 Å². The summed E-state index contributed by atoms with van der Waals surface area (Å²) in [6, 6.07) is 2.00. The quantitative estimate of drug-likeness (QED) is 0.740. The highest BCUT2D eigenvalue weighted by Crippen LogP contribution is 2.20. The normalized spacial score (nSPS) is 14.8. The number of anilines is 2. The molecule has 2 N–H and O–H groups in total. The lowest BCUT2D eigenvalue weighted by molar-refractivity contribution is 0.679. The van der Waals surface area contributed by atoms with Gasteiger partial charge in [-0.05, 0) is 45.4 Å². The zero-order valence-corrected chi connectivity index (χ0v) is 12.7. The Bertz CT molecular complexity index is 454. The molecule has 20 heavy (non-hydrogen) atoms. The lowest BCUT2D eigenvalue weighted by Crippen LogP contribution is -2.09. The van der Waals surface area contributed by atoms with Gasteiger partial charge in [0.25, 0.3) is 0 Å². The fourth-order valence-electron chi connectivity index (χ4n) is 2.48. The Labute approximate surface area is 122 Å². The molecule has 0 fully saturated rings. The Morgan fingerprint density at radius 2 is 1.85 bits per heavy atom. The summed E-state index contributed by atoms with van der Waals surface area (Å²) < 4.78 is 0. The molecule has 0 radical (unpaired) electrons. The van der Waals surface area contributed by atoms with Gasteiger partial charge in [-0.15, -0.1) is 0 Å². The second kappa shape index (κ2) is 7.88. The molecule has 1 aliphatic carbocycles. The van der Waals surface area contributed by atoms with E-state index in [1.54, 1.807) is 5.57 Å². The van der Waals surface area contributed by atoms with Crippen LogP contribution in [0, 0.1) is 6.92 Å². The third kappa shape index (κ3) is 4.83. The van der Waals surface area contributed by atoms with E-state index < -0.39 is 0 Å². The van der Waals surface area contributed by atoms with Crippen LogP contribution in [0.2, 0.25) is 0 Å². The molecule has 0 aromatic carbocycles. The third-order valence-electron chi connectivity index (χ3n) is 3.53. The Morgan fingerprint density at radius 3 is 2.50 bits per heavy atom. The SMILES string of the molecule is CCCNc1cc(NCCC2=CCCCC2)nc(C)n1. The highest BCUT2D eigenvalue weighted by atomic mass is 15.1. The van der Waals surface area contributed by atoms with Gasteiger partial charge in [0.2, 0.25) is 0 Å². The summed E-state index contributed by atoms with van der Waals surface area (Å²) in [5.74, 6) is 2.65. The van der Waals surface area contributed by atoms with Crippen LogP contribution in [0.1, 0.15) is 51.3 Å². The van der Waals surface area contributed by atoms with E-state index in [-0.39, 0.29) is 0 Å². The molecule has 1 aliphatic rings. The van der Waals surface area contributed by atoms with Crippen LogP contribution in [-0.2, 0) is 0 Å². The maximum Gasteiger partial charge on any atom is 0.131 e. The zero-order chi connectivity index (χ0) is 14.2. The van der Waals surface area contributed by atoms with Crippen molar-refractivity contribution in [3.63, 3.8) is 0 Å². The van der Waals surface area contributed by atoms with Crippen LogP contribution in [0.15, 0.2) is 17.7 Å². The highest BCUT2D eigenvalue weighted by molar-refractivity contribution is 5.47. The fraction of sp³-hybridized carbons (Fsp3) is 0.625. The van der Waals surface area contributed by atoms with Gasteiger partial charge in [0.1, 0.15) is 17.5 Å². The predicted molar refractivity (Wildman–Crippen MR) is 85.2 cm³/mol. The van der Waals surface area contributed by atoms with Gasteiger partial charge in [0.05, 0.1) is 0 Å². The summed E-state index contributed by atoms with van der Waals surface area (Å²) in [6.07, 6.45) is 9.87. The molecular weight excluding hydrogens is 248 g/mol. The monoisotopic (exact) mass is 274 g/mol. The summed E-state index contributed by atoms with van der Waals surface area (Å²) in [5, 5.41) is 6.73. The molecule has 2 rings (SSSR count). The van der Waals surface area contributed by atoms with Crippen molar-refractivity contribution >= 4 is 11.6 Å². The number of nitrogens with one attached hydrogen (secondary N) is 2. The van der Waals surface area contributed by atoms with Crippen molar-refractivity contribution < 1.29 is 0 Å². The van der Waals surface area contributed by atoms with Gasteiger partial charge >= 0.3 is 0 Å². The van der Waals surface area contributed by atoms with Crippen LogP contribution in [-0.4, -0.2) is 23.1 Å². The number of aryl methyl sites for hydroxylation is 1. The number of allylic oxidation sites excluding steroid dienone is 1. The van der Waals surface area contributed by atoms with Gasteiger partial charge in [-0.1, -0.05) is 18.6 Å². The summed E-state index contributed by atoms with van der Waals surface area (Å²) >= 11 is 0. The van der Waals surface area contributed by atoms with Crippen molar-refractivity contribution in [1.29, 1.82) is 0 Å². The summed E-state index contributed by atoms with van der Waals surface area (Å²) in [5.41, 5.74) is 1.60. The van der Waals surface area contributed by atoms with Crippen molar-refractivity contribution in [1.82, 2.24) is 9.97 Å². The van der Waals surface area contributed by atoms with Crippen molar-refractivity contribution in [2.45, 2.75) is 52.4 Å². The second-order valence-electron chi connectivity index (χ2n) is 5.40. The van der Waals surface area contributed by atoms with E-state index in [2.05, 4.69) is 33.6 Å². The summed E-state index contributed by atoms with van der Waals surface area (Å²) in [4.78, 5) is 8.84.